The number of nitrogens with one attached hydrogen (secondary N) is 2. The standard InChI is InChI=1S/C21H24N4O/c1-15(17-9-11-25(14-17)13-16-6-3-2-4-7-16)24-21(26)19-12-23-20-18(19)8-5-10-22-20/h2-8,10,12,15,17H,9,11,13-14H2,1H3,(H,22,23)(H,24,26). The van der Waals surface area contributed by atoms with Crippen LogP contribution in [0.25, 0.3) is 11.0 Å². The van der Waals surface area contributed by atoms with Gasteiger partial charge in [-0.05, 0) is 43.5 Å². The summed E-state index contributed by atoms with van der Waals surface area (Å²) in [6.45, 7) is 5.19. The lowest BCUT2D eigenvalue weighted by Gasteiger charge is -2.21. The number of H-pyrrole nitrogens is 1. The highest BCUT2D eigenvalue weighted by Crippen LogP contribution is 2.22. The minimum atomic E-state index is -0.0294. The van der Waals surface area contributed by atoms with E-state index in [0.29, 0.717) is 11.5 Å². The first-order valence-electron chi connectivity index (χ1n) is 9.20. The first-order chi connectivity index (χ1) is 12.7. The molecular formula is C21H24N4O. The highest BCUT2D eigenvalue weighted by molar-refractivity contribution is 6.05. The van der Waals surface area contributed by atoms with Gasteiger partial charge in [0.15, 0.2) is 0 Å². The second kappa shape index (κ2) is 7.30. The first kappa shape index (κ1) is 16.8. The fourth-order valence-corrected chi connectivity index (χ4v) is 3.80. The van der Waals surface area contributed by atoms with Crippen LogP contribution in [0.1, 0.15) is 29.3 Å². The predicted octanol–water partition coefficient (Wildman–Crippen LogP) is 3.20. The van der Waals surface area contributed by atoms with E-state index in [4.69, 9.17) is 0 Å². The van der Waals surface area contributed by atoms with E-state index in [1.165, 1.54) is 5.56 Å². The maximum atomic E-state index is 12.7. The molecule has 0 saturated carbocycles. The molecule has 0 bridgehead atoms. The smallest absolute Gasteiger partial charge is 0.253 e. The van der Waals surface area contributed by atoms with Crippen molar-refractivity contribution in [3.63, 3.8) is 0 Å². The number of hydrogen-bond donors (Lipinski definition) is 2. The van der Waals surface area contributed by atoms with Gasteiger partial charge in [0.2, 0.25) is 0 Å². The Labute approximate surface area is 153 Å². The van der Waals surface area contributed by atoms with Crippen molar-refractivity contribution in [2.75, 3.05) is 13.1 Å². The molecule has 2 atom stereocenters. The molecule has 5 heteroatoms. The van der Waals surface area contributed by atoms with E-state index in [9.17, 15) is 4.79 Å². The van der Waals surface area contributed by atoms with Gasteiger partial charge in [0.1, 0.15) is 5.65 Å². The number of carbonyl (C=O) groups is 1. The number of nitrogens with zero attached hydrogens (tertiary/aromatic N) is 2. The minimum absolute atomic E-state index is 0.0294. The van der Waals surface area contributed by atoms with Crippen LogP contribution in [-0.2, 0) is 6.54 Å². The Hall–Kier alpha value is -2.66. The average molecular weight is 348 g/mol. The number of fused-ring (bicyclic) bond motifs is 1. The Kier molecular flexibility index (Phi) is 4.71. The Morgan fingerprint density at radius 3 is 3.00 bits per heavy atom. The zero-order chi connectivity index (χ0) is 17.9. The van der Waals surface area contributed by atoms with Crippen molar-refractivity contribution in [3.05, 3.63) is 66.0 Å². The van der Waals surface area contributed by atoms with Crippen LogP contribution in [-0.4, -0.2) is 39.9 Å². The van der Waals surface area contributed by atoms with Crippen LogP contribution < -0.4 is 5.32 Å². The van der Waals surface area contributed by atoms with Gasteiger partial charge in [-0.1, -0.05) is 30.3 Å². The van der Waals surface area contributed by atoms with Crippen LogP contribution in [0.3, 0.4) is 0 Å². The lowest BCUT2D eigenvalue weighted by Crippen LogP contribution is -2.39. The van der Waals surface area contributed by atoms with Gasteiger partial charge in [0.05, 0.1) is 5.56 Å². The molecule has 2 unspecified atom stereocenters. The summed E-state index contributed by atoms with van der Waals surface area (Å²) in [7, 11) is 0. The molecule has 1 aromatic carbocycles. The number of aromatic nitrogens is 2. The quantitative estimate of drug-likeness (QED) is 0.744. The summed E-state index contributed by atoms with van der Waals surface area (Å²) in [5, 5.41) is 4.06. The summed E-state index contributed by atoms with van der Waals surface area (Å²) in [5.74, 6) is 0.448. The maximum Gasteiger partial charge on any atom is 0.253 e. The molecule has 0 radical (unpaired) electrons. The average Bonchev–Trinajstić information content (AvgIpc) is 3.29. The number of rotatable bonds is 5. The molecule has 2 N–H and O–H groups in total. The summed E-state index contributed by atoms with van der Waals surface area (Å²) in [6, 6.07) is 14.5. The van der Waals surface area contributed by atoms with Crippen molar-refractivity contribution in [2.24, 2.45) is 5.92 Å². The van der Waals surface area contributed by atoms with Gasteiger partial charge in [0.25, 0.3) is 5.91 Å². The zero-order valence-corrected chi connectivity index (χ0v) is 15.0. The predicted molar refractivity (Wildman–Crippen MR) is 103 cm³/mol. The molecule has 2 aromatic heterocycles. The van der Waals surface area contributed by atoms with E-state index in [0.717, 1.165) is 37.1 Å². The lowest BCUT2D eigenvalue weighted by molar-refractivity contribution is 0.0928. The Balaban J connectivity index is 1.36. The van der Waals surface area contributed by atoms with Crippen molar-refractivity contribution in [3.8, 4) is 0 Å². The molecule has 1 aliphatic rings. The second-order valence-corrected chi connectivity index (χ2v) is 7.13. The SMILES string of the molecule is CC(NC(=O)c1c[nH]c2ncccc12)C1CCN(Cc2ccccc2)C1. The molecule has 0 aliphatic carbocycles. The molecule has 0 spiro atoms. The van der Waals surface area contributed by atoms with Gasteiger partial charge >= 0.3 is 0 Å². The fraction of sp³-hybridized carbons (Fsp3) is 0.333. The van der Waals surface area contributed by atoms with Crippen molar-refractivity contribution >= 4 is 16.9 Å². The molecule has 134 valence electrons. The van der Waals surface area contributed by atoms with Gasteiger partial charge in [-0.3, -0.25) is 9.69 Å². The Morgan fingerprint density at radius 2 is 2.15 bits per heavy atom. The van der Waals surface area contributed by atoms with Crippen molar-refractivity contribution in [1.82, 2.24) is 20.2 Å². The summed E-state index contributed by atoms with van der Waals surface area (Å²) in [6.07, 6.45) is 4.59. The Morgan fingerprint density at radius 1 is 1.31 bits per heavy atom. The molecule has 3 heterocycles. The van der Waals surface area contributed by atoms with Crippen molar-refractivity contribution in [2.45, 2.75) is 25.9 Å². The molecule has 1 amide bonds. The molecule has 3 aromatic rings. The number of amides is 1. The third-order valence-corrected chi connectivity index (χ3v) is 5.32. The molecule has 1 aliphatic heterocycles. The second-order valence-electron chi connectivity index (χ2n) is 7.13. The number of likely N-dealkylation sites (tertiary alicyclic amines) is 1. The van der Waals surface area contributed by atoms with Crippen LogP contribution in [0.5, 0.6) is 0 Å². The molecule has 5 nitrogen and oxygen atoms in total. The van der Waals surface area contributed by atoms with Gasteiger partial charge in [-0.2, -0.15) is 0 Å². The minimum Gasteiger partial charge on any atom is -0.349 e. The largest absolute Gasteiger partial charge is 0.349 e. The third kappa shape index (κ3) is 3.48. The molecule has 26 heavy (non-hydrogen) atoms. The zero-order valence-electron chi connectivity index (χ0n) is 15.0. The summed E-state index contributed by atoms with van der Waals surface area (Å²) >= 11 is 0. The number of carbonyl (C=O) groups excluding carboxylic acids is 1. The fourth-order valence-electron chi connectivity index (χ4n) is 3.80. The van der Waals surface area contributed by atoms with E-state index in [1.807, 2.05) is 18.2 Å². The van der Waals surface area contributed by atoms with E-state index in [1.54, 1.807) is 12.4 Å². The van der Waals surface area contributed by atoms with Crippen LogP contribution >= 0.6 is 0 Å². The van der Waals surface area contributed by atoms with Gasteiger partial charge < -0.3 is 10.3 Å². The monoisotopic (exact) mass is 348 g/mol. The normalized spacial score (nSPS) is 18.9. The molecule has 4 rings (SSSR count). The maximum absolute atomic E-state index is 12.7. The van der Waals surface area contributed by atoms with Gasteiger partial charge in [-0.15, -0.1) is 0 Å². The van der Waals surface area contributed by atoms with Crippen LogP contribution in [0.15, 0.2) is 54.9 Å². The summed E-state index contributed by atoms with van der Waals surface area (Å²) in [4.78, 5) is 22.5. The van der Waals surface area contributed by atoms with E-state index >= 15 is 0 Å². The number of benzene rings is 1. The molecule has 1 fully saturated rings. The van der Waals surface area contributed by atoms with Gasteiger partial charge in [0, 0.05) is 36.9 Å². The third-order valence-electron chi connectivity index (χ3n) is 5.32. The van der Waals surface area contributed by atoms with E-state index < -0.39 is 0 Å². The van der Waals surface area contributed by atoms with E-state index in [-0.39, 0.29) is 11.9 Å². The summed E-state index contributed by atoms with van der Waals surface area (Å²) in [5.41, 5.74) is 2.76. The van der Waals surface area contributed by atoms with Crippen molar-refractivity contribution in [1.29, 1.82) is 0 Å². The number of hydrogen-bond acceptors (Lipinski definition) is 3. The number of pyridine rings is 1. The van der Waals surface area contributed by atoms with Crippen molar-refractivity contribution < 1.29 is 4.79 Å². The lowest BCUT2D eigenvalue weighted by atomic mass is 10.00. The van der Waals surface area contributed by atoms with E-state index in [2.05, 4.69) is 51.4 Å². The highest BCUT2D eigenvalue weighted by atomic mass is 16.1. The van der Waals surface area contributed by atoms with Crippen LogP contribution in [0.2, 0.25) is 0 Å². The van der Waals surface area contributed by atoms with Crippen LogP contribution in [0.4, 0.5) is 0 Å². The van der Waals surface area contributed by atoms with Gasteiger partial charge in [-0.25, -0.2) is 4.98 Å². The van der Waals surface area contributed by atoms with Crippen LogP contribution in [0, 0.1) is 5.92 Å². The summed E-state index contributed by atoms with van der Waals surface area (Å²) < 4.78 is 0. The Bertz CT molecular complexity index is 889. The number of aromatic amines is 1. The first-order valence-corrected chi connectivity index (χ1v) is 9.20. The highest BCUT2D eigenvalue weighted by Gasteiger charge is 2.28. The molecular weight excluding hydrogens is 324 g/mol. The molecule has 1 saturated heterocycles. The topological polar surface area (TPSA) is 61.0 Å².